The molecule has 0 aliphatic heterocycles. The summed E-state index contributed by atoms with van der Waals surface area (Å²) in [7, 11) is 0. The lowest BCUT2D eigenvalue weighted by Crippen LogP contribution is -2.28. The van der Waals surface area contributed by atoms with Crippen molar-refractivity contribution in [1.82, 2.24) is 0 Å². The van der Waals surface area contributed by atoms with Gasteiger partial charge in [-0.25, -0.2) is 4.79 Å². The van der Waals surface area contributed by atoms with Gasteiger partial charge in [-0.2, -0.15) is 5.11 Å². The molecule has 3 aromatic carbocycles. The number of carbonyl (C=O) groups is 1. The Morgan fingerprint density at radius 3 is 2.33 bits per heavy atom. The van der Waals surface area contributed by atoms with E-state index < -0.39 is 4.92 Å². The Morgan fingerprint density at radius 1 is 1.03 bits per heavy atom. The lowest BCUT2D eigenvalue weighted by molar-refractivity contribution is -0.384. The van der Waals surface area contributed by atoms with E-state index in [1.165, 1.54) is 24.3 Å². The summed E-state index contributed by atoms with van der Waals surface area (Å²) in [6, 6.07) is 18.5. The van der Waals surface area contributed by atoms with Crippen molar-refractivity contribution in [1.29, 1.82) is 0 Å². The number of nitro benzene ring substituents is 1. The lowest BCUT2D eigenvalue weighted by atomic mass is 10.2. The Kier molecular flexibility index (Phi) is 8.67. The van der Waals surface area contributed by atoms with E-state index in [1.807, 2.05) is 25.1 Å². The molecule has 0 aliphatic rings. The van der Waals surface area contributed by atoms with Crippen molar-refractivity contribution in [2.24, 2.45) is 10.2 Å². The van der Waals surface area contributed by atoms with Crippen LogP contribution in [0.1, 0.15) is 17.3 Å². The monoisotopic (exact) mass is 574 g/mol. The third-order valence-corrected chi connectivity index (χ3v) is 5.85. The SMILES string of the molecule is CCN(CCOC(=O)c1ccc(Br)cc1)c1ccc(N=Nc2ccc([N+](=O)[O-])cc2)c(Br)c1. The second-order valence-electron chi connectivity index (χ2n) is 6.83. The fourth-order valence-corrected chi connectivity index (χ4v) is 3.62. The first-order valence-corrected chi connectivity index (χ1v) is 11.6. The van der Waals surface area contributed by atoms with Crippen LogP contribution in [0, 0.1) is 10.1 Å². The molecule has 0 aromatic heterocycles. The van der Waals surface area contributed by atoms with E-state index in [2.05, 4.69) is 47.0 Å². The molecule has 170 valence electrons. The molecule has 0 amide bonds. The molecule has 3 rings (SSSR count). The lowest BCUT2D eigenvalue weighted by Gasteiger charge is -2.23. The topological polar surface area (TPSA) is 97.4 Å². The van der Waals surface area contributed by atoms with Gasteiger partial charge < -0.3 is 9.64 Å². The van der Waals surface area contributed by atoms with Gasteiger partial charge in [-0.1, -0.05) is 15.9 Å². The summed E-state index contributed by atoms with van der Waals surface area (Å²) < 4.78 is 7.05. The minimum atomic E-state index is -0.461. The van der Waals surface area contributed by atoms with Crippen LogP contribution in [-0.4, -0.2) is 30.6 Å². The standard InChI is InChI=1S/C23H20Br2N4O4/c1-2-28(13-14-33-23(30)16-3-5-17(24)6-4-16)20-11-12-22(21(25)15-20)27-26-18-7-9-19(10-8-18)29(31)32/h3-12,15H,2,13-14H2,1H3. The van der Waals surface area contributed by atoms with E-state index in [-0.39, 0.29) is 18.3 Å². The van der Waals surface area contributed by atoms with Crippen LogP contribution in [0.3, 0.4) is 0 Å². The number of hydrogen-bond donors (Lipinski definition) is 0. The number of anilines is 1. The summed E-state index contributed by atoms with van der Waals surface area (Å²) in [6.45, 7) is 3.54. The quantitative estimate of drug-likeness (QED) is 0.116. The summed E-state index contributed by atoms with van der Waals surface area (Å²) in [5.41, 5.74) is 2.58. The van der Waals surface area contributed by atoms with Crippen LogP contribution in [0.2, 0.25) is 0 Å². The van der Waals surface area contributed by atoms with E-state index in [1.54, 1.807) is 24.3 Å². The van der Waals surface area contributed by atoms with Crippen LogP contribution >= 0.6 is 31.9 Å². The fourth-order valence-electron chi connectivity index (χ4n) is 2.91. The molecule has 0 saturated heterocycles. The summed E-state index contributed by atoms with van der Waals surface area (Å²) in [5, 5.41) is 19.1. The number of hydrogen-bond acceptors (Lipinski definition) is 7. The number of halogens is 2. The Morgan fingerprint density at radius 2 is 1.73 bits per heavy atom. The maximum Gasteiger partial charge on any atom is 0.338 e. The van der Waals surface area contributed by atoms with E-state index >= 15 is 0 Å². The average Bonchev–Trinajstić information content (AvgIpc) is 2.81. The first kappa shape index (κ1) is 24.5. The minimum Gasteiger partial charge on any atom is -0.460 e. The second-order valence-corrected chi connectivity index (χ2v) is 8.60. The average molecular weight is 576 g/mol. The molecule has 0 radical (unpaired) electrons. The van der Waals surface area contributed by atoms with Crippen LogP contribution in [0.15, 0.2) is 85.9 Å². The summed E-state index contributed by atoms with van der Waals surface area (Å²) >= 11 is 6.86. The van der Waals surface area contributed by atoms with Crippen molar-refractivity contribution >= 4 is 60.6 Å². The molecule has 0 aliphatic carbocycles. The number of nitrogens with zero attached hydrogens (tertiary/aromatic N) is 4. The highest BCUT2D eigenvalue weighted by molar-refractivity contribution is 9.10. The zero-order valence-corrected chi connectivity index (χ0v) is 20.8. The minimum absolute atomic E-state index is 0.00154. The summed E-state index contributed by atoms with van der Waals surface area (Å²) in [4.78, 5) is 24.5. The van der Waals surface area contributed by atoms with Gasteiger partial charge in [-0.3, -0.25) is 10.1 Å². The van der Waals surface area contributed by atoms with Gasteiger partial charge >= 0.3 is 5.97 Å². The van der Waals surface area contributed by atoms with Crippen molar-refractivity contribution in [2.45, 2.75) is 6.92 Å². The van der Waals surface area contributed by atoms with Gasteiger partial charge in [0.05, 0.1) is 28.4 Å². The van der Waals surface area contributed by atoms with Gasteiger partial charge in [0.1, 0.15) is 6.61 Å². The van der Waals surface area contributed by atoms with Crippen molar-refractivity contribution < 1.29 is 14.5 Å². The Bertz CT molecular complexity index is 1150. The van der Waals surface area contributed by atoms with Crippen LogP contribution in [0.5, 0.6) is 0 Å². The first-order valence-electron chi connectivity index (χ1n) is 10.0. The highest BCUT2D eigenvalue weighted by Crippen LogP contribution is 2.31. The molecule has 33 heavy (non-hydrogen) atoms. The number of azo groups is 1. The zero-order chi connectivity index (χ0) is 23.8. The van der Waals surface area contributed by atoms with E-state index in [4.69, 9.17) is 4.74 Å². The van der Waals surface area contributed by atoms with Crippen LogP contribution < -0.4 is 4.90 Å². The number of non-ortho nitro benzene ring substituents is 1. The summed E-state index contributed by atoms with van der Waals surface area (Å²) in [5.74, 6) is -0.360. The van der Waals surface area contributed by atoms with Crippen LogP contribution in [-0.2, 0) is 4.74 Å². The first-order chi connectivity index (χ1) is 15.9. The fraction of sp³-hybridized carbons (Fsp3) is 0.174. The second kappa shape index (κ2) is 11.7. The third kappa shape index (κ3) is 6.93. The van der Waals surface area contributed by atoms with E-state index in [0.717, 1.165) is 21.2 Å². The largest absolute Gasteiger partial charge is 0.460 e. The van der Waals surface area contributed by atoms with Crippen LogP contribution in [0.4, 0.5) is 22.7 Å². The molecule has 0 spiro atoms. The zero-order valence-electron chi connectivity index (χ0n) is 17.6. The van der Waals surface area contributed by atoms with Gasteiger partial charge in [0.2, 0.25) is 0 Å². The molecule has 0 unspecified atom stereocenters. The number of benzene rings is 3. The highest BCUT2D eigenvalue weighted by atomic mass is 79.9. The molecule has 0 bridgehead atoms. The Balaban J connectivity index is 1.60. The number of likely N-dealkylation sites (N-methyl/N-ethyl adjacent to an activating group) is 1. The number of rotatable bonds is 9. The summed E-state index contributed by atoms with van der Waals surface area (Å²) in [6.07, 6.45) is 0. The van der Waals surface area contributed by atoms with Gasteiger partial charge in [0.15, 0.2) is 0 Å². The molecule has 10 heteroatoms. The maximum absolute atomic E-state index is 12.2. The van der Waals surface area contributed by atoms with Gasteiger partial charge in [0.25, 0.3) is 5.69 Å². The smallest absolute Gasteiger partial charge is 0.338 e. The third-order valence-electron chi connectivity index (χ3n) is 4.69. The molecule has 0 saturated carbocycles. The van der Waals surface area contributed by atoms with Gasteiger partial charge in [0, 0.05) is 33.3 Å². The molecule has 0 N–H and O–H groups in total. The van der Waals surface area contributed by atoms with Crippen molar-refractivity contribution in [3.63, 3.8) is 0 Å². The molecule has 8 nitrogen and oxygen atoms in total. The predicted octanol–water partition coefficient (Wildman–Crippen LogP) is 7.22. The maximum atomic E-state index is 12.2. The number of carbonyl (C=O) groups excluding carboxylic acids is 1. The molecular weight excluding hydrogens is 556 g/mol. The van der Waals surface area contributed by atoms with Crippen molar-refractivity contribution in [2.75, 3.05) is 24.6 Å². The molecule has 0 atom stereocenters. The van der Waals surface area contributed by atoms with Crippen LogP contribution in [0.25, 0.3) is 0 Å². The van der Waals surface area contributed by atoms with E-state index in [9.17, 15) is 14.9 Å². The van der Waals surface area contributed by atoms with Gasteiger partial charge in [-0.05, 0) is 77.5 Å². The normalized spacial score (nSPS) is 10.9. The van der Waals surface area contributed by atoms with E-state index in [0.29, 0.717) is 23.5 Å². The van der Waals surface area contributed by atoms with Gasteiger partial charge in [-0.15, -0.1) is 5.11 Å². The number of esters is 1. The number of nitro groups is 1. The number of ether oxygens (including phenoxy) is 1. The predicted molar refractivity (Wildman–Crippen MR) is 134 cm³/mol. The van der Waals surface area contributed by atoms with Crippen molar-refractivity contribution in [3.05, 3.63) is 91.4 Å². The molecule has 0 fully saturated rings. The molecular formula is C23H20Br2N4O4. The van der Waals surface area contributed by atoms with Crippen molar-refractivity contribution in [3.8, 4) is 0 Å². The molecule has 3 aromatic rings. The Hall–Kier alpha value is -3.11. The Labute approximate surface area is 207 Å². The molecule has 0 heterocycles. The highest BCUT2D eigenvalue weighted by Gasteiger charge is 2.11.